The fourth-order valence-corrected chi connectivity index (χ4v) is 2.19. The average Bonchev–Trinajstić information content (AvgIpc) is 3.38. The van der Waals surface area contributed by atoms with Gasteiger partial charge in [-0.25, -0.2) is 9.78 Å². The van der Waals surface area contributed by atoms with Gasteiger partial charge >= 0.3 is 6.03 Å². The molecule has 1 saturated carbocycles. The number of anilines is 2. The van der Waals surface area contributed by atoms with E-state index in [9.17, 15) is 14.4 Å². The number of urea groups is 1. The standard InChI is InChI=1S/C16H23N5O3/c1-3-9(2)13(21-16(17)24)15(23)19-11-6-7-12(18-8-11)20-14(22)10-4-5-10/h6-10,13H,3-5H2,1-2H3,(H,19,23)(H3,17,21,24)(H,18,20,22). The maximum absolute atomic E-state index is 12.3. The van der Waals surface area contributed by atoms with Crippen LogP contribution in [0.25, 0.3) is 0 Å². The molecular formula is C16H23N5O3. The van der Waals surface area contributed by atoms with Crippen LogP contribution in [0.3, 0.4) is 0 Å². The van der Waals surface area contributed by atoms with E-state index in [1.165, 1.54) is 6.20 Å². The number of rotatable bonds is 7. The van der Waals surface area contributed by atoms with Crippen molar-refractivity contribution < 1.29 is 14.4 Å². The summed E-state index contributed by atoms with van der Waals surface area (Å²) in [6.45, 7) is 3.78. The predicted molar refractivity (Wildman–Crippen MR) is 90.2 cm³/mol. The van der Waals surface area contributed by atoms with Gasteiger partial charge in [-0.05, 0) is 30.9 Å². The third kappa shape index (κ3) is 4.94. The van der Waals surface area contributed by atoms with Crippen molar-refractivity contribution in [3.63, 3.8) is 0 Å². The van der Waals surface area contributed by atoms with Gasteiger partial charge < -0.3 is 21.7 Å². The van der Waals surface area contributed by atoms with Crippen molar-refractivity contribution in [3.05, 3.63) is 18.3 Å². The van der Waals surface area contributed by atoms with Gasteiger partial charge in [-0.2, -0.15) is 0 Å². The normalized spacial score (nSPS) is 15.9. The molecule has 0 spiro atoms. The SMILES string of the molecule is CCC(C)C(NC(N)=O)C(=O)Nc1ccc(NC(=O)C2CC2)nc1. The number of pyridine rings is 1. The molecular weight excluding hydrogens is 310 g/mol. The predicted octanol–water partition coefficient (Wildman–Crippen LogP) is 1.45. The van der Waals surface area contributed by atoms with E-state index >= 15 is 0 Å². The number of nitrogens with two attached hydrogens (primary N) is 1. The Hall–Kier alpha value is -2.64. The Morgan fingerprint density at radius 2 is 2.00 bits per heavy atom. The van der Waals surface area contributed by atoms with Gasteiger partial charge in [0.05, 0.1) is 11.9 Å². The largest absolute Gasteiger partial charge is 0.352 e. The Kier molecular flexibility index (Phi) is 5.73. The summed E-state index contributed by atoms with van der Waals surface area (Å²) >= 11 is 0. The second-order valence-corrected chi connectivity index (χ2v) is 6.06. The lowest BCUT2D eigenvalue weighted by Gasteiger charge is -2.22. The van der Waals surface area contributed by atoms with Crippen LogP contribution in [-0.2, 0) is 9.59 Å². The van der Waals surface area contributed by atoms with Gasteiger partial charge in [-0.1, -0.05) is 20.3 Å². The highest BCUT2D eigenvalue weighted by Crippen LogP contribution is 2.29. The van der Waals surface area contributed by atoms with E-state index in [2.05, 4.69) is 20.9 Å². The number of hydrogen-bond acceptors (Lipinski definition) is 4. The molecule has 0 radical (unpaired) electrons. The number of nitrogens with one attached hydrogen (secondary N) is 3. The Bertz CT molecular complexity index is 613. The van der Waals surface area contributed by atoms with Gasteiger partial charge in [0.1, 0.15) is 11.9 Å². The Morgan fingerprint density at radius 3 is 2.50 bits per heavy atom. The van der Waals surface area contributed by atoms with Crippen LogP contribution in [0.4, 0.5) is 16.3 Å². The third-order valence-corrected chi connectivity index (χ3v) is 4.02. The zero-order valence-corrected chi connectivity index (χ0v) is 13.8. The summed E-state index contributed by atoms with van der Waals surface area (Å²) in [6.07, 6.45) is 4.01. The summed E-state index contributed by atoms with van der Waals surface area (Å²) in [5.41, 5.74) is 5.61. The monoisotopic (exact) mass is 333 g/mol. The minimum absolute atomic E-state index is 0.0261. The molecule has 1 heterocycles. The van der Waals surface area contributed by atoms with E-state index in [0.29, 0.717) is 17.9 Å². The van der Waals surface area contributed by atoms with Gasteiger partial charge in [0.25, 0.3) is 0 Å². The summed E-state index contributed by atoms with van der Waals surface area (Å²) in [7, 11) is 0. The molecule has 0 saturated heterocycles. The first kappa shape index (κ1) is 17.7. The minimum atomic E-state index is -0.744. The van der Waals surface area contributed by atoms with Crippen molar-refractivity contribution in [2.45, 2.75) is 39.2 Å². The number of aromatic nitrogens is 1. The number of nitrogens with zero attached hydrogens (tertiary/aromatic N) is 1. The fraction of sp³-hybridized carbons (Fsp3) is 0.500. The van der Waals surface area contributed by atoms with Gasteiger partial charge in [-0.3, -0.25) is 9.59 Å². The number of hydrogen-bond donors (Lipinski definition) is 4. The average molecular weight is 333 g/mol. The van der Waals surface area contributed by atoms with Gasteiger partial charge in [0.15, 0.2) is 0 Å². The quantitative estimate of drug-likeness (QED) is 0.602. The molecule has 8 heteroatoms. The van der Waals surface area contributed by atoms with Crippen molar-refractivity contribution in [2.24, 2.45) is 17.6 Å². The molecule has 4 amide bonds. The van der Waals surface area contributed by atoms with Crippen LogP contribution in [0.1, 0.15) is 33.1 Å². The lowest BCUT2D eigenvalue weighted by Crippen LogP contribution is -2.49. The summed E-state index contributed by atoms with van der Waals surface area (Å²) in [6, 6.07) is 1.80. The highest BCUT2D eigenvalue weighted by atomic mass is 16.2. The van der Waals surface area contributed by atoms with Crippen molar-refractivity contribution >= 4 is 29.4 Å². The fourth-order valence-electron chi connectivity index (χ4n) is 2.19. The molecule has 2 unspecified atom stereocenters. The second kappa shape index (κ2) is 7.76. The van der Waals surface area contributed by atoms with Gasteiger partial charge in [0.2, 0.25) is 11.8 Å². The maximum Gasteiger partial charge on any atom is 0.312 e. The van der Waals surface area contributed by atoms with E-state index in [4.69, 9.17) is 5.73 Å². The molecule has 0 bridgehead atoms. The van der Waals surface area contributed by atoms with Crippen LogP contribution in [0, 0.1) is 11.8 Å². The van der Waals surface area contributed by atoms with E-state index < -0.39 is 12.1 Å². The first-order chi connectivity index (χ1) is 11.4. The molecule has 130 valence electrons. The van der Waals surface area contributed by atoms with Crippen molar-refractivity contribution in [3.8, 4) is 0 Å². The molecule has 24 heavy (non-hydrogen) atoms. The lowest BCUT2D eigenvalue weighted by molar-refractivity contribution is -0.119. The molecule has 5 N–H and O–H groups in total. The number of carbonyl (C=O) groups excluding carboxylic acids is 3. The van der Waals surface area contributed by atoms with Crippen LogP contribution in [0.15, 0.2) is 18.3 Å². The minimum Gasteiger partial charge on any atom is -0.352 e. The number of amides is 4. The molecule has 0 aliphatic heterocycles. The van der Waals surface area contributed by atoms with Crippen molar-refractivity contribution in [2.75, 3.05) is 10.6 Å². The van der Waals surface area contributed by atoms with Crippen molar-refractivity contribution in [1.29, 1.82) is 0 Å². The highest BCUT2D eigenvalue weighted by molar-refractivity contribution is 5.97. The molecule has 2 rings (SSSR count). The maximum atomic E-state index is 12.3. The van der Waals surface area contributed by atoms with Crippen molar-refractivity contribution in [1.82, 2.24) is 10.3 Å². The Labute approximate surface area is 140 Å². The first-order valence-corrected chi connectivity index (χ1v) is 8.04. The van der Waals surface area contributed by atoms with Crippen LogP contribution in [-0.4, -0.2) is 28.9 Å². The molecule has 1 aromatic heterocycles. The molecule has 1 fully saturated rings. The molecule has 1 aliphatic carbocycles. The zero-order valence-electron chi connectivity index (χ0n) is 13.8. The molecule has 0 aromatic carbocycles. The molecule has 1 aliphatic rings. The summed E-state index contributed by atoms with van der Waals surface area (Å²) in [5, 5.41) is 7.88. The Balaban J connectivity index is 1.96. The van der Waals surface area contributed by atoms with E-state index in [1.807, 2.05) is 13.8 Å². The van der Waals surface area contributed by atoms with Crippen LogP contribution < -0.4 is 21.7 Å². The number of primary amides is 1. The summed E-state index contributed by atoms with van der Waals surface area (Å²) in [4.78, 5) is 39.2. The number of carbonyl (C=O) groups is 3. The Morgan fingerprint density at radius 1 is 1.29 bits per heavy atom. The molecule has 1 aromatic rings. The highest BCUT2D eigenvalue weighted by Gasteiger charge is 2.29. The zero-order chi connectivity index (χ0) is 17.7. The van der Waals surface area contributed by atoms with Crippen LogP contribution in [0.2, 0.25) is 0 Å². The molecule has 2 atom stereocenters. The first-order valence-electron chi connectivity index (χ1n) is 8.04. The van der Waals surface area contributed by atoms with Gasteiger partial charge in [-0.15, -0.1) is 0 Å². The summed E-state index contributed by atoms with van der Waals surface area (Å²) < 4.78 is 0. The van der Waals surface area contributed by atoms with E-state index in [-0.39, 0.29) is 23.7 Å². The molecule has 8 nitrogen and oxygen atoms in total. The second-order valence-electron chi connectivity index (χ2n) is 6.06. The van der Waals surface area contributed by atoms with Crippen LogP contribution in [0.5, 0.6) is 0 Å². The topological polar surface area (TPSA) is 126 Å². The lowest BCUT2D eigenvalue weighted by atomic mass is 9.98. The van der Waals surface area contributed by atoms with E-state index in [0.717, 1.165) is 12.8 Å². The van der Waals surface area contributed by atoms with Gasteiger partial charge in [0, 0.05) is 5.92 Å². The smallest absolute Gasteiger partial charge is 0.312 e. The third-order valence-electron chi connectivity index (χ3n) is 4.02. The summed E-state index contributed by atoms with van der Waals surface area (Å²) in [5.74, 6) is 0.0880. The van der Waals surface area contributed by atoms with E-state index in [1.54, 1.807) is 12.1 Å². The van der Waals surface area contributed by atoms with Crippen LogP contribution >= 0.6 is 0 Å².